The Balaban J connectivity index is 2.41. The maximum Gasteiger partial charge on any atom is 0.409 e. The third kappa shape index (κ3) is 8.60. The zero-order chi connectivity index (χ0) is 18.7. The molecular weight excluding hydrogens is 322 g/mol. The van der Waals surface area contributed by atoms with Crippen LogP contribution in [0.3, 0.4) is 0 Å². The van der Waals surface area contributed by atoms with Crippen molar-refractivity contribution in [3.8, 4) is 0 Å². The number of piperidine rings is 1. The number of guanidine groups is 1. The average Bonchev–Trinajstić information content (AvgIpc) is 2.55. The number of hydrogen-bond donors (Lipinski definition) is 3. The number of nitrogens with one attached hydrogen (secondary N) is 3. The zero-order valence-electron chi connectivity index (χ0n) is 15.9. The van der Waals surface area contributed by atoms with Crippen molar-refractivity contribution in [3.63, 3.8) is 0 Å². The molecule has 0 aliphatic carbocycles. The Bertz CT molecular complexity index is 446. The van der Waals surface area contributed by atoms with Crippen molar-refractivity contribution in [1.29, 1.82) is 0 Å². The van der Waals surface area contributed by atoms with Gasteiger partial charge in [-0.15, -0.1) is 0 Å². The molecule has 1 heterocycles. The van der Waals surface area contributed by atoms with Gasteiger partial charge in [0.1, 0.15) is 0 Å². The van der Waals surface area contributed by atoms with Gasteiger partial charge < -0.3 is 25.6 Å². The van der Waals surface area contributed by atoms with Crippen LogP contribution in [0.25, 0.3) is 0 Å². The number of likely N-dealkylation sites (tertiary alicyclic amines) is 1. The summed E-state index contributed by atoms with van der Waals surface area (Å²) in [6.07, 6.45) is 1.82. The van der Waals surface area contributed by atoms with Crippen LogP contribution in [0.5, 0.6) is 0 Å². The second-order valence-corrected chi connectivity index (χ2v) is 6.34. The highest BCUT2D eigenvalue weighted by Gasteiger charge is 2.24. The van der Waals surface area contributed by atoms with E-state index in [1.807, 2.05) is 27.7 Å². The molecule has 0 radical (unpaired) electrons. The van der Waals surface area contributed by atoms with Gasteiger partial charge in [0.25, 0.3) is 0 Å². The number of nitrogens with zero attached hydrogens (tertiary/aromatic N) is 2. The fraction of sp³-hybridized carbons (Fsp3) is 0.824. The quantitative estimate of drug-likeness (QED) is 0.469. The Kier molecular flexibility index (Phi) is 9.72. The molecule has 8 nitrogen and oxygen atoms in total. The normalized spacial score (nSPS) is 15.9. The first kappa shape index (κ1) is 21.1. The molecule has 144 valence electrons. The maximum absolute atomic E-state index is 11.7. The summed E-state index contributed by atoms with van der Waals surface area (Å²) in [6.45, 7) is 10.6. The van der Waals surface area contributed by atoms with E-state index in [-0.39, 0.29) is 24.1 Å². The lowest BCUT2D eigenvalue weighted by Crippen LogP contribution is -2.50. The molecule has 0 aromatic carbocycles. The number of ether oxygens (including phenoxy) is 1. The largest absolute Gasteiger partial charge is 0.450 e. The number of hydrogen-bond acceptors (Lipinski definition) is 4. The monoisotopic (exact) mass is 355 g/mol. The standard InChI is InChI=1S/C17H33N5O3/c1-5-18-16(19-10-7-15(23)20-13(3)4)21-14-8-11-22(12-9-14)17(24)25-6-2/h13-14H,5-12H2,1-4H3,(H,20,23)(H2,18,19,21). The summed E-state index contributed by atoms with van der Waals surface area (Å²) in [4.78, 5) is 29.6. The molecule has 0 saturated carbocycles. The third-order valence-electron chi connectivity index (χ3n) is 3.76. The lowest BCUT2D eigenvalue weighted by atomic mass is 10.1. The minimum atomic E-state index is -0.238. The van der Waals surface area contributed by atoms with Crippen molar-refractivity contribution in [2.75, 3.05) is 32.8 Å². The van der Waals surface area contributed by atoms with Crippen molar-refractivity contribution in [2.45, 2.75) is 59.0 Å². The van der Waals surface area contributed by atoms with Crippen LogP contribution in [-0.4, -0.2) is 67.7 Å². The SMILES string of the molecule is CCNC(=NCCC(=O)NC(C)C)NC1CCN(C(=O)OCC)CC1. The lowest BCUT2D eigenvalue weighted by molar-refractivity contribution is -0.121. The summed E-state index contributed by atoms with van der Waals surface area (Å²) >= 11 is 0. The third-order valence-corrected chi connectivity index (χ3v) is 3.76. The molecule has 3 N–H and O–H groups in total. The zero-order valence-corrected chi connectivity index (χ0v) is 15.9. The average molecular weight is 355 g/mol. The second kappa shape index (κ2) is 11.5. The Labute approximate surface area is 150 Å². The van der Waals surface area contributed by atoms with Crippen molar-refractivity contribution in [1.82, 2.24) is 20.9 Å². The summed E-state index contributed by atoms with van der Waals surface area (Å²) < 4.78 is 5.03. The Hall–Kier alpha value is -1.99. The molecule has 0 aromatic rings. The van der Waals surface area contributed by atoms with Crippen molar-refractivity contribution >= 4 is 18.0 Å². The molecule has 0 aromatic heterocycles. The highest BCUT2D eigenvalue weighted by Crippen LogP contribution is 2.11. The van der Waals surface area contributed by atoms with Gasteiger partial charge in [0, 0.05) is 38.1 Å². The Morgan fingerprint density at radius 3 is 2.48 bits per heavy atom. The molecule has 1 fully saturated rings. The summed E-state index contributed by atoms with van der Waals surface area (Å²) in [6, 6.07) is 0.403. The Morgan fingerprint density at radius 1 is 1.24 bits per heavy atom. The van der Waals surface area contributed by atoms with Crippen LogP contribution >= 0.6 is 0 Å². The van der Waals surface area contributed by atoms with E-state index in [1.54, 1.807) is 4.90 Å². The van der Waals surface area contributed by atoms with E-state index < -0.39 is 0 Å². The molecule has 0 bridgehead atoms. The van der Waals surface area contributed by atoms with E-state index in [4.69, 9.17) is 4.74 Å². The van der Waals surface area contributed by atoms with Crippen molar-refractivity contribution < 1.29 is 14.3 Å². The molecule has 0 unspecified atom stereocenters. The smallest absolute Gasteiger partial charge is 0.409 e. The topological polar surface area (TPSA) is 95.1 Å². The molecule has 25 heavy (non-hydrogen) atoms. The summed E-state index contributed by atoms with van der Waals surface area (Å²) in [7, 11) is 0. The van der Waals surface area contributed by atoms with Crippen LogP contribution in [0.15, 0.2) is 4.99 Å². The molecule has 1 rings (SSSR count). The molecule has 8 heteroatoms. The van der Waals surface area contributed by atoms with E-state index >= 15 is 0 Å². The maximum atomic E-state index is 11.7. The molecule has 1 aliphatic rings. The summed E-state index contributed by atoms with van der Waals surface area (Å²) in [5.74, 6) is 0.728. The van der Waals surface area contributed by atoms with Crippen LogP contribution in [0.4, 0.5) is 4.79 Å². The number of carbonyl (C=O) groups is 2. The number of carbonyl (C=O) groups excluding carboxylic acids is 2. The van der Waals surface area contributed by atoms with Crippen LogP contribution in [0, 0.1) is 0 Å². The number of rotatable bonds is 7. The van der Waals surface area contributed by atoms with Gasteiger partial charge in [-0.3, -0.25) is 9.79 Å². The second-order valence-electron chi connectivity index (χ2n) is 6.34. The highest BCUT2D eigenvalue weighted by atomic mass is 16.6. The van der Waals surface area contributed by atoms with Crippen LogP contribution in [0.1, 0.15) is 47.0 Å². The lowest BCUT2D eigenvalue weighted by Gasteiger charge is -2.32. The van der Waals surface area contributed by atoms with Gasteiger partial charge in [-0.25, -0.2) is 4.79 Å². The van der Waals surface area contributed by atoms with Gasteiger partial charge in [0.05, 0.1) is 13.2 Å². The van der Waals surface area contributed by atoms with Crippen molar-refractivity contribution in [2.24, 2.45) is 4.99 Å². The highest BCUT2D eigenvalue weighted by molar-refractivity contribution is 5.81. The Morgan fingerprint density at radius 2 is 1.92 bits per heavy atom. The van der Waals surface area contributed by atoms with Gasteiger partial charge in [-0.05, 0) is 40.5 Å². The summed E-state index contributed by atoms with van der Waals surface area (Å²) in [5.41, 5.74) is 0. The molecule has 0 spiro atoms. The van der Waals surface area contributed by atoms with E-state index in [9.17, 15) is 9.59 Å². The molecule has 0 atom stereocenters. The van der Waals surface area contributed by atoms with E-state index in [2.05, 4.69) is 20.9 Å². The molecule has 2 amide bonds. The first-order valence-corrected chi connectivity index (χ1v) is 9.22. The molecular formula is C17H33N5O3. The number of amides is 2. The predicted octanol–water partition coefficient (Wildman–Crippen LogP) is 1.08. The van der Waals surface area contributed by atoms with Gasteiger partial charge in [-0.1, -0.05) is 0 Å². The van der Waals surface area contributed by atoms with E-state index in [0.717, 1.165) is 25.3 Å². The first-order valence-electron chi connectivity index (χ1n) is 9.22. The van der Waals surface area contributed by atoms with Gasteiger partial charge in [-0.2, -0.15) is 0 Å². The molecule has 1 aliphatic heterocycles. The van der Waals surface area contributed by atoms with Crippen LogP contribution in [0.2, 0.25) is 0 Å². The van der Waals surface area contributed by atoms with Gasteiger partial charge in [0.15, 0.2) is 5.96 Å². The van der Waals surface area contributed by atoms with Crippen LogP contribution < -0.4 is 16.0 Å². The van der Waals surface area contributed by atoms with E-state index in [0.29, 0.717) is 32.7 Å². The van der Waals surface area contributed by atoms with Crippen LogP contribution in [-0.2, 0) is 9.53 Å². The minimum absolute atomic E-state index is 0.0114. The fourth-order valence-electron chi connectivity index (χ4n) is 2.60. The number of aliphatic imine (C=N–C) groups is 1. The van der Waals surface area contributed by atoms with E-state index in [1.165, 1.54) is 0 Å². The van der Waals surface area contributed by atoms with Gasteiger partial charge in [0.2, 0.25) is 5.91 Å². The minimum Gasteiger partial charge on any atom is -0.450 e. The first-order chi connectivity index (χ1) is 12.0. The van der Waals surface area contributed by atoms with Crippen molar-refractivity contribution in [3.05, 3.63) is 0 Å². The fourth-order valence-corrected chi connectivity index (χ4v) is 2.60. The molecule has 1 saturated heterocycles. The van der Waals surface area contributed by atoms with Gasteiger partial charge >= 0.3 is 6.09 Å². The predicted molar refractivity (Wildman–Crippen MR) is 98.6 cm³/mol. The summed E-state index contributed by atoms with van der Waals surface area (Å²) in [5, 5.41) is 9.45.